The fourth-order valence-corrected chi connectivity index (χ4v) is 4.10. The normalized spacial score (nSPS) is 29.1. The molecular weight excluding hydrogens is 256 g/mol. The molecule has 0 bridgehead atoms. The van der Waals surface area contributed by atoms with Crippen molar-refractivity contribution in [2.75, 3.05) is 19.6 Å². The molecule has 0 spiro atoms. The third-order valence-electron chi connectivity index (χ3n) is 5.54. The molecule has 0 radical (unpaired) electrons. The Balaban J connectivity index is 1.79. The van der Waals surface area contributed by atoms with Crippen LogP contribution in [0.1, 0.15) is 57.2 Å². The molecule has 1 N–H and O–H groups in total. The monoisotopic (exact) mass is 286 g/mol. The SMILES string of the molecule is CCN1CCCC(NC2c3ccccc3CCC2(C)C)C1. The third kappa shape index (κ3) is 3.17. The van der Waals surface area contributed by atoms with Crippen LogP contribution in [0, 0.1) is 5.41 Å². The lowest BCUT2D eigenvalue weighted by atomic mass is 9.70. The molecule has 1 aliphatic heterocycles. The molecule has 0 saturated carbocycles. The van der Waals surface area contributed by atoms with Gasteiger partial charge >= 0.3 is 0 Å². The number of hydrogen-bond acceptors (Lipinski definition) is 2. The van der Waals surface area contributed by atoms with Crippen LogP contribution in [0.3, 0.4) is 0 Å². The summed E-state index contributed by atoms with van der Waals surface area (Å²) < 4.78 is 0. The molecule has 1 aromatic rings. The summed E-state index contributed by atoms with van der Waals surface area (Å²) in [6.07, 6.45) is 5.17. The minimum atomic E-state index is 0.350. The number of likely N-dealkylation sites (N-methyl/N-ethyl adjacent to an activating group) is 1. The van der Waals surface area contributed by atoms with E-state index in [0.29, 0.717) is 17.5 Å². The van der Waals surface area contributed by atoms with Crippen molar-refractivity contribution in [3.63, 3.8) is 0 Å². The lowest BCUT2D eigenvalue weighted by molar-refractivity contribution is 0.144. The van der Waals surface area contributed by atoms with Crippen molar-refractivity contribution in [1.82, 2.24) is 10.2 Å². The average Bonchev–Trinajstić information content (AvgIpc) is 2.50. The van der Waals surface area contributed by atoms with Crippen molar-refractivity contribution < 1.29 is 0 Å². The second-order valence-electron chi connectivity index (χ2n) is 7.52. The van der Waals surface area contributed by atoms with Gasteiger partial charge in [0.2, 0.25) is 0 Å². The first-order chi connectivity index (χ1) is 10.1. The number of aryl methyl sites for hydroxylation is 1. The zero-order valence-corrected chi connectivity index (χ0v) is 13.9. The van der Waals surface area contributed by atoms with Crippen LogP contribution in [0.5, 0.6) is 0 Å². The Hall–Kier alpha value is -0.860. The molecule has 0 amide bonds. The van der Waals surface area contributed by atoms with E-state index in [1.807, 2.05) is 0 Å². The highest BCUT2D eigenvalue weighted by molar-refractivity contribution is 5.34. The van der Waals surface area contributed by atoms with Crippen molar-refractivity contribution in [3.05, 3.63) is 35.4 Å². The highest BCUT2D eigenvalue weighted by Crippen LogP contribution is 2.43. The molecule has 1 aromatic carbocycles. The number of rotatable bonds is 3. The molecule has 21 heavy (non-hydrogen) atoms. The Labute approximate surface area is 129 Å². The number of benzene rings is 1. The van der Waals surface area contributed by atoms with E-state index in [1.54, 1.807) is 11.1 Å². The van der Waals surface area contributed by atoms with Gasteiger partial charge in [0.15, 0.2) is 0 Å². The average molecular weight is 286 g/mol. The summed E-state index contributed by atoms with van der Waals surface area (Å²) in [6, 6.07) is 10.2. The lowest BCUT2D eigenvalue weighted by Crippen LogP contribution is -2.50. The molecule has 0 aromatic heterocycles. The second-order valence-corrected chi connectivity index (χ2v) is 7.52. The van der Waals surface area contributed by atoms with E-state index in [2.05, 4.69) is 55.3 Å². The van der Waals surface area contributed by atoms with Gasteiger partial charge in [-0.25, -0.2) is 0 Å². The largest absolute Gasteiger partial charge is 0.305 e. The Morgan fingerprint density at radius 1 is 1.29 bits per heavy atom. The summed E-state index contributed by atoms with van der Waals surface area (Å²) in [5.41, 5.74) is 3.45. The second kappa shape index (κ2) is 6.10. The van der Waals surface area contributed by atoms with Gasteiger partial charge in [0.1, 0.15) is 0 Å². The van der Waals surface area contributed by atoms with Gasteiger partial charge in [-0.1, -0.05) is 45.0 Å². The van der Waals surface area contributed by atoms with E-state index >= 15 is 0 Å². The fraction of sp³-hybridized carbons (Fsp3) is 0.684. The zero-order valence-electron chi connectivity index (χ0n) is 13.9. The number of hydrogen-bond donors (Lipinski definition) is 1. The first kappa shape index (κ1) is 15.1. The van der Waals surface area contributed by atoms with Gasteiger partial charge in [0, 0.05) is 18.6 Å². The molecule has 2 unspecified atom stereocenters. The van der Waals surface area contributed by atoms with Crippen LogP contribution in [-0.4, -0.2) is 30.6 Å². The Kier molecular flexibility index (Phi) is 4.37. The number of likely N-dealkylation sites (tertiary alicyclic amines) is 1. The molecule has 2 nitrogen and oxygen atoms in total. The molecule has 1 saturated heterocycles. The molecule has 3 rings (SSSR count). The van der Waals surface area contributed by atoms with Crippen LogP contribution >= 0.6 is 0 Å². The van der Waals surface area contributed by atoms with Crippen LogP contribution in [-0.2, 0) is 6.42 Å². The highest BCUT2D eigenvalue weighted by Gasteiger charge is 2.37. The van der Waals surface area contributed by atoms with Gasteiger partial charge < -0.3 is 10.2 Å². The fourth-order valence-electron chi connectivity index (χ4n) is 4.10. The molecule has 116 valence electrons. The van der Waals surface area contributed by atoms with E-state index < -0.39 is 0 Å². The van der Waals surface area contributed by atoms with Gasteiger partial charge in [-0.15, -0.1) is 0 Å². The van der Waals surface area contributed by atoms with Gasteiger partial charge in [-0.05, 0) is 55.3 Å². The molecule has 2 atom stereocenters. The molecule has 1 heterocycles. The van der Waals surface area contributed by atoms with Crippen molar-refractivity contribution in [2.45, 2.75) is 58.5 Å². The molecule has 2 heteroatoms. The predicted octanol–water partition coefficient (Wildman–Crippen LogP) is 3.77. The lowest BCUT2D eigenvalue weighted by Gasteiger charge is -2.44. The minimum Gasteiger partial charge on any atom is -0.305 e. The summed E-state index contributed by atoms with van der Waals surface area (Å²) in [5, 5.41) is 4.03. The topological polar surface area (TPSA) is 15.3 Å². The van der Waals surface area contributed by atoms with E-state index in [4.69, 9.17) is 0 Å². The maximum Gasteiger partial charge on any atom is 0.0377 e. The summed E-state index contributed by atoms with van der Waals surface area (Å²) in [5.74, 6) is 0. The Morgan fingerprint density at radius 2 is 2.10 bits per heavy atom. The van der Waals surface area contributed by atoms with Crippen molar-refractivity contribution in [1.29, 1.82) is 0 Å². The number of nitrogens with zero attached hydrogens (tertiary/aromatic N) is 1. The molecule has 2 aliphatic rings. The van der Waals surface area contributed by atoms with Gasteiger partial charge in [0.25, 0.3) is 0 Å². The van der Waals surface area contributed by atoms with Crippen LogP contribution in [0.25, 0.3) is 0 Å². The summed E-state index contributed by atoms with van der Waals surface area (Å²) in [6.45, 7) is 10.8. The zero-order chi connectivity index (χ0) is 14.9. The van der Waals surface area contributed by atoms with Crippen LogP contribution in [0.2, 0.25) is 0 Å². The number of piperidine rings is 1. The highest BCUT2D eigenvalue weighted by atomic mass is 15.2. The van der Waals surface area contributed by atoms with Crippen LogP contribution in [0.4, 0.5) is 0 Å². The van der Waals surface area contributed by atoms with E-state index in [0.717, 1.165) is 0 Å². The van der Waals surface area contributed by atoms with Crippen molar-refractivity contribution >= 4 is 0 Å². The minimum absolute atomic E-state index is 0.350. The summed E-state index contributed by atoms with van der Waals surface area (Å²) in [4.78, 5) is 2.59. The predicted molar refractivity (Wildman–Crippen MR) is 89.6 cm³/mol. The first-order valence-corrected chi connectivity index (χ1v) is 8.66. The maximum atomic E-state index is 4.03. The van der Waals surface area contributed by atoms with E-state index in [9.17, 15) is 0 Å². The Morgan fingerprint density at radius 3 is 2.90 bits per heavy atom. The summed E-state index contributed by atoms with van der Waals surface area (Å²) >= 11 is 0. The van der Waals surface area contributed by atoms with Crippen LogP contribution < -0.4 is 5.32 Å². The van der Waals surface area contributed by atoms with Gasteiger partial charge in [-0.2, -0.15) is 0 Å². The number of nitrogens with one attached hydrogen (secondary N) is 1. The summed E-state index contributed by atoms with van der Waals surface area (Å²) in [7, 11) is 0. The molecule has 1 fully saturated rings. The quantitative estimate of drug-likeness (QED) is 0.910. The van der Waals surface area contributed by atoms with E-state index in [-0.39, 0.29) is 0 Å². The Bertz CT molecular complexity index is 480. The van der Waals surface area contributed by atoms with E-state index in [1.165, 1.54) is 45.3 Å². The van der Waals surface area contributed by atoms with Crippen molar-refractivity contribution in [2.24, 2.45) is 5.41 Å². The molecular formula is C19H30N2. The van der Waals surface area contributed by atoms with Gasteiger partial charge in [-0.3, -0.25) is 0 Å². The van der Waals surface area contributed by atoms with Gasteiger partial charge in [0.05, 0.1) is 0 Å². The smallest absolute Gasteiger partial charge is 0.0377 e. The standard InChI is InChI=1S/C19H30N2/c1-4-21-13-7-9-16(14-21)20-18-17-10-6-5-8-15(17)11-12-19(18,2)3/h5-6,8,10,16,18,20H,4,7,9,11-14H2,1-3H3. The van der Waals surface area contributed by atoms with Crippen LogP contribution in [0.15, 0.2) is 24.3 Å². The third-order valence-corrected chi connectivity index (χ3v) is 5.54. The van der Waals surface area contributed by atoms with Crippen molar-refractivity contribution in [3.8, 4) is 0 Å². The first-order valence-electron chi connectivity index (χ1n) is 8.66. The maximum absolute atomic E-state index is 4.03. The molecule has 1 aliphatic carbocycles. The number of fused-ring (bicyclic) bond motifs is 1.